The van der Waals surface area contributed by atoms with Crippen molar-refractivity contribution >= 4 is 46.4 Å². The molecular formula is C56H58IrN4OSi-2. The molecule has 0 N–H and O–H groups in total. The van der Waals surface area contributed by atoms with Gasteiger partial charge in [0.15, 0.2) is 5.65 Å². The van der Waals surface area contributed by atoms with Crippen LogP contribution in [0.3, 0.4) is 0 Å². The van der Waals surface area contributed by atoms with Crippen molar-refractivity contribution in [2.75, 3.05) is 0 Å². The quantitative estimate of drug-likeness (QED) is 0.107. The van der Waals surface area contributed by atoms with Crippen molar-refractivity contribution in [1.29, 1.82) is 0 Å². The molecule has 63 heavy (non-hydrogen) atoms. The molecule has 0 aliphatic heterocycles. The van der Waals surface area contributed by atoms with Crippen LogP contribution in [0.15, 0.2) is 126 Å². The molecule has 0 spiro atoms. The van der Waals surface area contributed by atoms with E-state index in [0.29, 0.717) is 22.5 Å². The summed E-state index contributed by atoms with van der Waals surface area (Å²) in [7, 11) is -1.78. The largest absolute Gasteiger partial charge is 0.501 e. The van der Waals surface area contributed by atoms with Gasteiger partial charge in [-0.05, 0) is 100 Å². The standard InChI is InChI=1S/C37H32N3O.C19H26NSi.Ir/c1-22(2)30-20-26(25-11-7-6-8-12-25)21-31(23(3)4)34(30)40-32-15-10-18-38-36(32)39-37(40)29-14-9-13-28-27-17-16-24(5)19-33(27)41-35(28)29;1-14(2)11-17-12-18(16-9-7-15(3)8-10-16)20-13-19(17)21(4,5)6;/h6-13,15-23H,1-5H3;7-9,12-14H,11H2,1-6H3;/q2*-1;/i;3D3,11D2;. The van der Waals surface area contributed by atoms with E-state index in [2.05, 4.69) is 154 Å². The van der Waals surface area contributed by atoms with Gasteiger partial charge >= 0.3 is 0 Å². The number of pyridine rings is 2. The molecule has 7 heteroatoms. The number of imidazole rings is 1. The van der Waals surface area contributed by atoms with Gasteiger partial charge in [0.05, 0.1) is 25.0 Å². The van der Waals surface area contributed by atoms with Crippen molar-refractivity contribution in [3.05, 3.63) is 162 Å². The molecule has 0 bridgehead atoms. The minimum atomic E-state index is -2.16. The fourth-order valence-electron chi connectivity index (χ4n) is 8.15. The maximum atomic E-state index is 8.59. The number of aryl methyl sites for hydroxylation is 2. The molecule has 0 saturated heterocycles. The van der Waals surface area contributed by atoms with Crippen molar-refractivity contribution in [3.8, 4) is 39.5 Å². The van der Waals surface area contributed by atoms with Gasteiger partial charge in [0, 0.05) is 50.4 Å². The summed E-state index contributed by atoms with van der Waals surface area (Å²) in [6.45, 7) is 19.3. The van der Waals surface area contributed by atoms with E-state index in [4.69, 9.17) is 16.3 Å². The predicted molar refractivity (Wildman–Crippen MR) is 264 cm³/mol. The summed E-state index contributed by atoms with van der Waals surface area (Å²) >= 11 is 0. The maximum Gasteiger partial charge on any atom is 0.168 e. The van der Waals surface area contributed by atoms with Crippen molar-refractivity contribution < 1.29 is 31.4 Å². The Bertz CT molecular complexity index is 3210. The SMILES string of the molecule is Cc1ccc2c(c1)oc1c(-c3nc4ncccc4n3-c3c(C(C)C)cc(-c4ccccc4)cc3C(C)C)[c-]ccc12.[2H]C([2H])([2H])c1c[c-]c(-c2cc(C([2H])([2H])C(C)C)c([Si](C)(C)C)cn2)cc1.[Ir]. The average molecular weight is 1030 g/mol. The zero-order valence-electron chi connectivity index (χ0n) is 42.8. The van der Waals surface area contributed by atoms with Crippen LogP contribution in [0.5, 0.6) is 0 Å². The Labute approximate surface area is 395 Å². The minimum absolute atomic E-state index is 0. The first-order valence-corrected chi connectivity index (χ1v) is 25.1. The first-order chi connectivity index (χ1) is 31.6. The molecule has 0 aliphatic rings. The van der Waals surface area contributed by atoms with Crippen molar-refractivity contribution in [3.63, 3.8) is 0 Å². The van der Waals surface area contributed by atoms with Gasteiger partial charge in [-0.2, -0.15) is 0 Å². The molecule has 1 radical (unpaired) electrons. The van der Waals surface area contributed by atoms with E-state index >= 15 is 0 Å². The van der Waals surface area contributed by atoms with Crippen LogP contribution in [0.25, 0.3) is 72.6 Å². The number of rotatable bonds is 9. The number of benzene rings is 5. The molecule has 5 nitrogen and oxygen atoms in total. The second kappa shape index (κ2) is 18.7. The van der Waals surface area contributed by atoms with E-state index in [1.807, 2.05) is 38.2 Å². The third kappa shape index (κ3) is 9.43. The van der Waals surface area contributed by atoms with Crippen LogP contribution in [-0.4, -0.2) is 27.6 Å². The van der Waals surface area contributed by atoms with Crippen LogP contribution in [-0.2, 0) is 26.5 Å². The second-order valence-electron chi connectivity index (χ2n) is 18.1. The average Bonchev–Trinajstić information content (AvgIpc) is 3.86. The Morgan fingerprint density at radius 3 is 2.16 bits per heavy atom. The molecule has 0 atom stereocenters. The first kappa shape index (κ1) is 39.2. The smallest absolute Gasteiger partial charge is 0.168 e. The summed E-state index contributed by atoms with van der Waals surface area (Å²) in [5.41, 5.74) is 13.7. The van der Waals surface area contributed by atoms with Gasteiger partial charge in [0.25, 0.3) is 0 Å². The number of aromatic nitrogens is 4. The van der Waals surface area contributed by atoms with Crippen LogP contribution < -0.4 is 5.19 Å². The predicted octanol–water partition coefficient (Wildman–Crippen LogP) is 14.6. The molecule has 0 amide bonds. The molecule has 323 valence electrons. The summed E-state index contributed by atoms with van der Waals surface area (Å²) in [6.07, 6.45) is 2.14. The van der Waals surface area contributed by atoms with Crippen molar-refractivity contribution in [2.45, 2.75) is 93.2 Å². The van der Waals surface area contributed by atoms with E-state index < -0.39 is 21.3 Å². The number of fused-ring (bicyclic) bond motifs is 4. The van der Waals surface area contributed by atoms with E-state index in [1.165, 1.54) is 33.9 Å². The van der Waals surface area contributed by atoms with E-state index in [-0.39, 0.29) is 43.4 Å². The van der Waals surface area contributed by atoms with Gasteiger partial charge < -0.3 is 14.0 Å². The number of hydrogen-bond donors (Lipinski definition) is 0. The van der Waals surface area contributed by atoms with E-state index in [0.717, 1.165) is 49.7 Å². The Hall–Kier alpha value is -5.46. The van der Waals surface area contributed by atoms with Gasteiger partial charge in [0.2, 0.25) is 0 Å². The molecule has 0 saturated carbocycles. The number of nitrogens with zero attached hydrogens (tertiary/aromatic N) is 4. The van der Waals surface area contributed by atoms with Gasteiger partial charge in [-0.1, -0.05) is 133 Å². The number of hydrogen-bond acceptors (Lipinski definition) is 4. The monoisotopic (exact) mass is 1030 g/mol. The molecule has 0 aliphatic carbocycles. The summed E-state index contributed by atoms with van der Waals surface area (Å²) in [6, 6.07) is 42.9. The Morgan fingerprint density at radius 2 is 1.51 bits per heavy atom. The Morgan fingerprint density at radius 1 is 0.778 bits per heavy atom. The van der Waals surface area contributed by atoms with Crippen LogP contribution in [0.2, 0.25) is 19.6 Å². The molecule has 4 heterocycles. The Balaban J connectivity index is 0.000000220. The summed E-state index contributed by atoms with van der Waals surface area (Å²) in [5, 5.41) is 3.17. The van der Waals surface area contributed by atoms with Crippen LogP contribution in [0.4, 0.5) is 0 Å². The summed E-state index contributed by atoms with van der Waals surface area (Å²) in [4.78, 5) is 14.4. The first-order valence-electron chi connectivity index (χ1n) is 24.1. The number of furan rings is 1. The maximum absolute atomic E-state index is 8.59. The van der Waals surface area contributed by atoms with Gasteiger partial charge in [0.1, 0.15) is 5.58 Å². The summed E-state index contributed by atoms with van der Waals surface area (Å²) < 4.78 is 48.4. The van der Waals surface area contributed by atoms with Crippen molar-refractivity contribution in [1.82, 2.24) is 19.5 Å². The third-order valence-corrected chi connectivity index (χ3v) is 13.2. The normalized spacial score (nSPS) is 13.4. The minimum Gasteiger partial charge on any atom is -0.501 e. The van der Waals surface area contributed by atoms with Crippen molar-refractivity contribution in [2.24, 2.45) is 5.92 Å². The molecular weight excluding hydrogens is 965 g/mol. The van der Waals surface area contributed by atoms with Crippen LogP contribution in [0.1, 0.15) is 88.0 Å². The Kier molecular flexibility index (Phi) is 11.6. The molecule has 4 aromatic heterocycles. The van der Waals surface area contributed by atoms with Crippen LogP contribution >= 0.6 is 0 Å². The zero-order valence-corrected chi connectivity index (χ0v) is 41.2. The molecule has 9 aromatic rings. The van der Waals surface area contributed by atoms with Crippen LogP contribution in [0, 0.1) is 31.8 Å². The second-order valence-corrected chi connectivity index (χ2v) is 23.2. The van der Waals surface area contributed by atoms with E-state index in [1.54, 1.807) is 18.3 Å². The molecule has 5 aromatic carbocycles. The van der Waals surface area contributed by atoms with Gasteiger partial charge in [-0.25, -0.2) is 4.98 Å². The zero-order chi connectivity index (χ0) is 48.2. The van der Waals surface area contributed by atoms with Gasteiger partial charge in [-0.15, -0.1) is 53.6 Å². The van der Waals surface area contributed by atoms with Gasteiger partial charge in [-0.3, -0.25) is 4.98 Å². The fourth-order valence-corrected chi connectivity index (χ4v) is 9.56. The fraction of sp³-hybridized carbons (Fsp3) is 0.268. The summed E-state index contributed by atoms with van der Waals surface area (Å²) in [5.74, 6) is 1.18. The molecule has 0 unspecified atom stereocenters. The topological polar surface area (TPSA) is 56.7 Å². The molecule has 9 rings (SSSR count). The van der Waals surface area contributed by atoms with E-state index in [9.17, 15) is 0 Å². The molecule has 0 fully saturated rings. The third-order valence-electron chi connectivity index (χ3n) is 11.2.